The zero-order valence-electron chi connectivity index (χ0n) is 6.07. The van der Waals surface area contributed by atoms with Gasteiger partial charge < -0.3 is 10.5 Å². The number of rotatable bonds is 1. The highest BCUT2D eigenvalue weighted by molar-refractivity contribution is 5.93. The molecule has 58 valence electrons. The highest BCUT2D eigenvalue weighted by atomic mass is 16.5. The van der Waals surface area contributed by atoms with E-state index in [1.165, 1.54) is 25.5 Å². The van der Waals surface area contributed by atoms with E-state index in [0.29, 0.717) is 10.3 Å². The lowest BCUT2D eigenvalue weighted by atomic mass is 10.3. The molecular weight excluding hydrogens is 144 g/mol. The summed E-state index contributed by atoms with van der Waals surface area (Å²) in [6.45, 7) is 0. The first-order chi connectivity index (χ1) is 5.24. The van der Waals surface area contributed by atoms with Gasteiger partial charge in [-0.25, -0.2) is 0 Å². The Morgan fingerprint density at radius 1 is 1.73 bits per heavy atom. The van der Waals surface area contributed by atoms with Crippen molar-refractivity contribution < 1.29 is 9.52 Å². The van der Waals surface area contributed by atoms with E-state index in [-0.39, 0.29) is 5.91 Å². The number of amides is 1. The molecule has 0 saturated heterocycles. The summed E-state index contributed by atoms with van der Waals surface area (Å²) in [7, 11) is 1.52. The highest BCUT2D eigenvalue weighted by Gasteiger charge is 2.04. The van der Waals surface area contributed by atoms with E-state index < -0.39 is 0 Å². The second-order valence-corrected chi connectivity index (χ2v) is 2.03. The molecule has 4 heteroatoms. The third-order valence-corrected chi connectivity index (χ3v) is 1.26. The topological polar surface area (TPSA) is 56.0 Å². The third-order valence-electron chi connectivity index (χ3n) is 1.26. The van der Waals surface area contributed by atoms with E-state index in [9.17, 15) is 10.0 Å². The summed E-state index contributed by atoms with van der Waals surface area (Å²) in [4.78, 5) is 10.9. The van der Waals surface area contributed by atoms with Gasteiger partial charge in [0.15, 0.2) is 12.4 Å². The van der Waals surface area contributed by atoms with E-state index in [1.807, 2.05) is 0 Å². The van der Waals surface area contributed by atoms with Crippen molar-refractivity contribution in [2.45, 2.75) is 0 Å². The average Bonchev–Trinajstić information content (AvgIpc) is 2.03. The Morgan fingerprint density at radius 2 is 2.45 bits per heavy atom. The third kappa shape index (κ3) is 1.67. The van der Waals surface area contributed by atoms with Gasteiger partial charge in [0.2, 0.25) is 0 Å². The molecule has 0 aliphatic heterocycles. The van der Waals surface area contributed by atoms with Gasteiger partial charge in [-0.15, -0.1) is 0 Å². The molecule has 0 saturated carbocycles. The zero-order valence-corrected chi connectivity index (χ0v) is 6.07. The lowest BCUT2D eigenvalue weighted by Crippen LogP contribution is -2.28. The van der Waals surface area contributed by atoms with Gasteiger partial charge in [-0.1, -0.05) is 0 Å². The Bertz CT molecular complexity index is 273. The predicted molar refractivity (Wildman–Crippen MR) is 38.8 cm³/mol. The average molecular weight is 152 g/mol. The smallest absolute Gasteiger partial charge is 0.257 e. The SMILES string of the molecule is CNC(=O)c1ccc[n+]([O-])c1. The molecule has 0 spiro atoms. The van der Waals surface area contributed by atoms with Crippen LogP contribution in [0.2, 0.25) is 0 Å². The molecule has 0 aromatic carbocycles. The van der Waals surface area contributed by atoms with Crippen molar-refractivity contribution in [2.75, 3.05) is 7.05 Å². The quantitative estimate of drug-likeness (QED) is 0.443. The number of pyridine rings is 1. The van der Waals surface area contributed by atoms with Crippen molar-refractivity contribution in [3.8, 4) is 0 Å². The minimum atomic E-state index is -0.254. The molecule has 1 heterocycles. The van der Waals surface area contributed by atoms with Crippen molar-refractivity contribution in [3.63, 3.8) is 0 Å². The van der Waals surface area contributed by atoms with Crippen LogP contribution in [0.5, 0.6) is 0 Å². The van der Waals surface area contributed by atoms with Crippen LogP contribution in [0.15, 0.2) is 24.5 Å². The summed E-state index contributed by atoms with van der Waals surface area (Å²) in [5.41, 5.74) is 0.366. The molecule has 0 aliphatic rings. The lowest BCUT2D eigenvalue weighted by Gasteiger charge is -1.98. The summed E-state index contributed by atoms with van der Waals surface area (Å²) < 4.78 is 0.588. The molecule has 1 rings (SSSR count). The molecule has 0 radical (unpaired) electrons. The minimum Gasteiger partial charge on any atom is -0.619 e. The number of carbonyl (C=O) groups is 1. The minimum absolute atomic E-state index is 0.254. The Kier molecular flexibility index (Phi) is 2.06. The Labute approximate surface area is 64.1 Å². The molecule has 1 amide bonds. The Morgan fingerprint density at radius 3 is 3.00 bits per heavy atom. The molecular formula is C7H8N2O2. The zero-order chi connectivity index (χ0) is 8.27. The predicted octanol–water partition coefficient (Wildman–Crippen LogP) is -0.320. The summed E-state index contributed by atoms with van der Waals surface area (Å²) in [6, 6.07) is 3.10. The largest absolute Gasteiger partial charge is 0.619 e. The summed E-state index contributed by atoms with van der Waals surface area (Å²) in [5, 5.41) is 13.1. The molecule has 0 bridgehead atoms. The van der Waals surface area contributed by atoms with Crippen LogP contribution in [0.4, 0.5) is 0 Å². The van der Waals surface area contributed by atoms with Crippen LogP contribution in [0.3, 0.4) is 0 Å². The van der Waals surface area contributed by atoms with Crippen molar-refractivity contribution in [3.05, 3.63) is 35.3 Å². The van der Waals surface area contributed by atoms with Gasteiger partial charge in [0.05, 0.1) is 0 Å². The van der Waals surface area contributed by atoms with Crippen LogP contribution in [0.1, 0.15) is 10.4 Å². The van der Waals surface area contributed by atoms with Crippen LogP contribution in [-0.2, 0) is 0 Å². The van der Waals surface area contributed by atoms with Crippen LogP contribution < -0.4 is 10.0 Å². The van der Waals surface area contributed by atoms with Gasteiger partial charge in [-0.2, -0.15) is 4.73 Å². The molecule has 4 nitrogen and oxygen atoms in total. The number of hydrogen-bond donors (Lipinski definition) is 1. The van der Waals surface area contributed by atoms with E-state index in [2.05, 4.69) is 5.32 Å². The monoisotopic (exact) mass is 152 g/mol. The Hall–Kier alpha value is -1.58. The molecule has 1 aromatic rings. The first-order valence-corrected chi connectivity index (χ1v) is 3.15. The standard InChI is InChI=1S/C7H8N2O2/c1-8-7(10)6-3-2-4-9(11)5-6/h2-5H,1H3,(H,8,10). The van der Waals surface area contributed by atoms with Gasteiger partial charge in [0, 0.05) is 13.1 Å². The molecule has 0 atom stereocenters. The summed E-state index contributed by atoms with van der Waals surface area (Å²) in [5.74, 6) is -0.254. The maximum absolute atomic E-state index is 10.9. The summed E-state index contributed by atoms with van der Waals surface area (Å²) >= 11 is 0. The van der Waals surface area contributed by atoms with E-state index in [0.717, 1.165) is 0 Å². The molecule has 0 unspecified atom stereocenters. The van der Waals surface area contributed by atoms with Crippen molar-refractivity contribution >= 4 is 5.91 Å². The molecule has 1 N–H and O–H groups in total. The number of hydrogen-bond acceptors (Lipinski definition) is 2. The lowest BCUT2D eigenvalue weighted by molar-refractivity contribution is -0.605. The first-order valence-electron chi connectivity index (χ1n) is 3.15. The van der Waals surface area contributed by atoms with Crippen molar-refractivity contribution in [1.82, 2.24) is 5.32 Å². The highest BCUT2D eigenvalue weighted by Crippen LogP contribution is 1.92. The van der Waals surface area contributed by atoms with E-state index in [4.69, 9.17) is 0 Å². The van der Waals surface area contributed by atoms with Crippen LogP contribution in [0.25, 0.3) is 0 Å². The van der Waals surface area contributed by atoms with Gasteiger partial charge in [-0.3, -0.25) is 4.79 Å². The maximum atomic E-state index is 10.9. The van der Waals surface area contributed by atoms with E-state index in [1.54, 1.807) is 6.07 Å². The van der Waals surface area contributed by atoms with E-state index >= 15 is 0 Å². The summed E-state index contributed by atoms with van der Waals surface area (Å²) in [6.07, 6.45) is 2.55. The fourth-order valence-electron chi connectivity index (χ4n) is 0.733. The van der Waals surface area contributed by atoms with Gasteiger partial charge >= 0.3 is 0 Å². The second-order valence-electron chi connectivity index (χ2n) is 2.03. The van der Waals surface area contributed by atoms with Crippen molar-refractivity contribution in [2.24, 2.45) is 0 Å². The van der Waals surface area contributed by atoms with Crippen LogP contribution in [-0.4, -0.2) is 13.0 Å². The van der Waals surface area contributed by atoms with Crippen LogP contribution in [0, 0.1) is 5.21 Å². The van der Waals surface area contributed by atoms with Gasteiger partial charge in [0.25, 0.3) is 5.91 Å². The normalized spacial score (nSPS) is 9.18. The Balaban J connectivity index is 2.96. The first kappa shape index (κ1) is 7.53. The van der Waals surface area contributed by atoms with Crippen molar-refractivity contribution in [1.29, 1.82) is 0 Å². The molecule has 11 heavy (non-hydrogen) atoms. The van der Waals surface area contributed by atoms with Crippen LogP contribution >= 0.6 is 0 Å². The molecule has 1 aromatic heterocycles. The number of nitrogens with one attached hydrogen (secondary N) is 1. The fourth-order valence-corrected chi connectivity index (χ4v) is 0.733. The van der Waals surface area contributed by atoms with Gasteiger partial charge in [-0.05, 0) is 6.07 Å². The maximum Gasteiger partial charge on any atom is 0.257 e. The van der Waals surface area contributed by atoms with Gasteiger partial charge in [0.1, 0.15) is 5.56 Å². The molecule has 0 aliphatic carbocycles. The fraction of sp³-hybridized carbons (Fsp3) is 0.143. The second kappa shape index (κ2) is 3.01. The number of nitrogens with zero attached hydrogens (tertiary/aromatic N) is 1. The number of carbonyl (C=O) groups excluding carboxylic acids is 1. The number of aromatic nitrogens is 1. The molecule has 0 fully saturated rings.